The van der Waals surface area contributed by atoms with E-state index in [1.807, 2.05) is 91.0 Å². The van der Waals surface area contributed by atoms with Crippen molar-refractivity contribution in [1.29, 1.82) is 0 Å². The second-order valence-corrected chi connectivity index (χ2v) is 14.8. The van der Waals surface area contributed by atoms with Crippen molar-refractivity contribution in [3.05, 3.63) is 120 Å². The first kappa shape index (κ1) is 30.0. The fourth-order valence-electron chi connectivity index (χ4n) is 4.38. The molecule has 0 aliphatic rings. The third kappa shape index (κ3) is 6.52. The fourth-order valence-corrected chi connectivity index (χ4v) is 9.09. The molecule has 5 nitrogen and oxygen atoms in total. The van der Waals surface area contributed by atoms with Crippen molar-refractivity contribution in [2.24, 2.45) is 0 Å². The van der Waals surface area contributed by atoms with Gasteiger partial charge in [-0.15, -0.1) is 0 Å². The number of benzene rings is 4. The van der Waals surface area contributed by atoms with Crippen molar-refractivity contribution >= 4 is 92.1 Å². The maximum absolute atomic E-state index is 14.4. The minimum Gasteiger partial charge on any atom is -0.465 e. The number of hydrogen-bond donors (Lipinski definition) is 2. The predicted molar refractivity (Wildman–Crippen MR) is 169 cm³/mol. The van der Waals surface area contributed by atoms with Gasteiger partial charge < -0.3 is 15.4 Å². The molecule has 0 aliphatic heterocycles. The maximum Gasteiger partial charge on any atom is 0.344 e. The van der Waals surface area contributed by atoms with Gasteiger partial charge in [-0.25, -0.2) is 4.79 Å². The number of carbonyl (C=O) groups is 2. The highest BCUT2D eigenvalue weighted by atomic mass is 35.6. The molecule has 2 N–H and O–H groups in total. The van der Waals surface area contributed by atoms with Crippen LogP contribution in [0.2, 0.25) is 5.02 Å². The monoisotopic (exact) mass is 632 g/mol. The Bertz CT molecular complexity index is 1410. The minimum atomic E-state index is -3.13. The Labute approximate surface area is 253 Å². The lowest BCUT2D eigenvalue weighted by molar-refractivity contribution is -0.133. The van der Waals surface area contributed by atoms with Gasteiger partial charge in [0, 0.05) is 10.7 Å². The van der Waals surface area contributed by atoms with Crippen LogP contribution in [0.5, 0.6) is 0 Å². The molecule has 206 valence electrons. The maximum atomic E-state index is 14.4. The third-order valence-corrected chi connectivity index (χ3v) is 11.3. The molecule has 4 aromatic carbocycles. The fraction of sp³-hybridized carbons (Fsp3) is 0.100. The van der Waals surface area contributed by atoms with Crippen molar-refractivity contribution in [3.8, 4) is 0 Å². The van der Waals surface area contributed by atoms with E-state index in [0.29, 0.717) is 10.7 Å². The lowest BCUT2D eigenvalue weighted by atomic mass is 10.3. The normalized spacial score (nSPS) is 12.2. The number of amides is 1. The molecule has 1 amide bonds. The number of methoxy groups -OCH3 is 1. The van der Waals surface area contributed by atoms with Crippen molar-refractivity contribution in [2.75, 3.05) is 12.4 Å². The molecule has 0 saturated heterocycles. The molecular formula is C30H25Cl4N2O3P. The highest BCUT2D eigenvalue weighted by molar-refractivity contribution is 7.97. The van der Waals surface area contributed by atoms with Gasteiger partial charge in [0.05, 0.1) is 7.11 Å². The second kappa shape index (κ2) is 13.2. The molecule has 0 unspecified atom stereocenters. The van der Waals surface area contributed by atoms with Crippen LogP contribution in [0.15, 0.2) is 115 Å². The number of nitrogens with one attached hydrogen (secondary N) is 2. The number of esters is 1. The van der Waals surface area contributed by atoms with Gasteiger partial charge in [0.1, 0.15) is 11.5 Å². The molecule has 0 fully saturated rings. The van der Waals surface area contributed by atoms with Crippen molar-refractivity contribution < 1.29 is 14.3 Å². The van der Waals surface area contributed by atoms with E-state index in [-0.39, 0.29) is 5.29 Å². The molecule has 10 heteroatoms. The van der Waals surface area contributed by atoms with Crippen molar-refractivity contribution in [1.82, 2.24) is 5.32 Å². The summed E-state index contributed by atoms with van der Waals surface area (Å²) in [6.45, 7) is -3.13. The predicted octanol–water partition coefficient (Wildman–Crippen LogP) is 5.90. The standard InChI is InChI=1S/C30H25Cl4N2O3P/c1-39-28(38)26(27(37)36-29(30(32,33)34)35-22-19-17-21(31)18-20-22)40(23-11-5-2-6-12-23,24-13-7-3-8-14-24)25-15-9-4-10-16-25/h2-20,29,35H,1H3,(H,36,37)/t29-/m1/s1. The highest BCUT2D eigenvalue weighted by Gasteiger charge is 2.41. The molecule has 0 aromatic heterocycles. The van der Waals surface area contributed by atoms with Gasteiger partial charge in [-0.2, -0.15) is 0 Å². The Morgan fingerprint density at radius 3 is 1.52 bits per heavy atom. The SMILES string of the molecule is COC(=O)C(C(=O)N[C@@H](Nc1ccc(Cl)cc1)C(Cl)(Cl)Cl)=P(c1ccccc1)(c1ccccc1)c1ccccc1. The zero-order valence-corrected chi connectivity index (χ0v) is 25.1. The van der Waals surface area contributed by atoms with Crippen molar-refractivity contribution in [2.45, 2.75) is 9.96 Å². The van der Waals surface area contributed by atoms with E-state index in [2.05, 4.69) is 10.6 Å². The van der Waals surface area contributed by atoms with Crippen LogP contribution in [-0.4, -0.2) is 34.2 Å². The summed E-state index contributed by atoms with van der Waals surface area (Å²) in [7, 11) is 1.24. The smallest absolute Gasteiger partial charge is 0.344 e. The van der Waals surface area contributed by atoms with Gasteiger partial charge in [0.25, 0.3) is 5.91 Å². The quantitative estimate of drug-likeness (QED) is 0.0833. The molecule has 0 spiro atoms. The van der Waals surface area contributed by atoms with Crippen LogP contribution in [0.25, 0.3) is 0 Å². The number of carbonyl (C=O) groups excluding carboxylic acids is 2. The van der Waals surface area contributed by atoms with E-state index in [1.54, 1.807) is 24.3 Å². The van der Waals surface area contributed by atoms with E-state index >= 15 is 0 Å². The van der Waals surface area contributed by atoms with Crippen LogP contribution in [0.3, 0.4) is 0 Å². The minimum absolute atomic E-state index is 0.101. The molecule has 0 heterocycles. The zero-order valence-electron chi connectivity index (χ0n) is 21.2. The van der Waals surface area contributed by atoms with Crippen LogP contribution in [0.4, 0.5) is 5.69 Å². The Balaban J connectivity index is 2.02. The number of ether oxygens (including phenoxy) is 1. The van der Waals surface area contributed by atoms with Crippen molar-refractivity contribution in [3.63, 3.8) is 0 Å². The van der Waals surface area contributed by atoms with E-state index in [1.165, 1.54) is 7.11 Å². The Hall–Kier alpha value is -2.92. The molecule has 0 saturated carbocycles. The summed E-state index contributed by atoms with van der Waals surface area (Å²) in [4.78, 5) is 28.1. The number of alkyl halides is 3. The van der Waals surface area contributed by atoms with E-state index in [9.17, 15) is 9.59 Å². The summed E-state index contributed by atoms with van der Waals surface area (Å²) >= 11 is 25.0. The summed E-state index contributed by atoms with van der Waals surface area (Å²) in [5.74, 6) is -1.54. The molecule has 0 aliphatic carbocycles. The van der Waals surface area contributed by atoms with Gasteiger partial charge in [0.2, 0.25) is 3.79 Å². The Kier molecular flexibility index (Phi) is 9.89. The lowest BCUT2D eigenvalue weighted by Gasteiger charge is -2.33. The van der Waals surface area contributed by atoms with Gasteiger partial charge in [0.15, 0.2) is 0 Å². The first-order chi connectivity index (χ1) is 19.2. The van der Waals surface area contributed by atoms with E-state index in [4.69, 9.17) is 51.1 Å². The van der Waals surface area contributed by atoms with Crippen LogP contribution in [-0.2, 0) is 14.3 Å². The summed E-state index contributed by atoms with van der Waals surface area (Å²) in [6, 6.07) is 34.9. The van der Waals surface area contributed by atoms with Crippen LogP contribution >= 0.6 is 53.3 Å². The number of halogens is 4. The molecule has 0 bridgehead atoms. The summed E-state index contributed by atoms with van der Waals surface area (Å²) in [5, 5.41) is 8.53. The number of anilines is 1. The summed E-state index contributed by atoms with van der Waals surface area (Å²) < 4.78 is 3.26. The molecule has 1 atom stereocenters. The molecule has 40 heavy (non-hydrogen) atoms. The van der Waals surface area contributed by atoms with Gasteiger partial charge >= 0.3 is 5.97 Å². The number of rotatable bonds is 8. The van der Waals surface area contributed by atoms with Crippen LogP contribution in [0.1, 0.15) is 0 Å². The van der Waals surface area contributed by atoms with Gasteiger partial charge in [-0.1, -0.05) is 137 Å². The largest absolute Gasteiger partial charge is 0.465 e. The van der Waals surface area contributed by atoms with E-state index < -0.39 is 28.7 Å². The summed E-state index contributed by atoms with van der Waals surface area (Å²) in [5.41, 5.74) is 0.538. The Morgan fingerprint density at radius 2 is 1.15 bits per heavy atom. The molecule has 0 radical (unpaired) electrons. The molecule has 4 rings (SSSR count). The summed E-state index contributed by atoms with van der Waals surface area (Å²) in [6.07, 6.45) is -1.23. The van der Waals surface area contributed by atoms with Crippen LogP contribution < -0.4 is 26.5 Å². The molecular weight excluding hydrogens is 609 g/mol. The lowest BCUT2D eigenvalue weighted by Crippen LogP contribution is -2.53. The average molecular weight is 634 g/mol. The Morgan fingerprint density at radius 1 is 0.725 bits per heavy atom. The third-order valence-electron chi connectivity index (χ3n) is 6.12. The van der Waals surface area contributed by atoms with Crippen LogP contribution in [0, 0.1) is 0 Å². The molecule has 4 aromatic rings. The topological polar surface area (TPSA) is 67.4 Å². The second-order valence-electron chi connectivity index (χ2n) is 8.62. The van der Waals surface area contributed by atoms with Gasteiger partial charge in [-0.3, -0.25) is 4.79 Å². The highest BCUT2D eigenvalue weighted by Crippen LogP contribution is 2.46. The number of hydrogen-bond acceptors (Lipinski definition) is 4. The zero-order chi connectivity index (χ0) is 28.8. The first-order valence-corrected chi connectivity index (χ1v) is 15.4. The first-order valence-electron chi connectivity index (χ1n) is 12.1. The van der Waals surface area contributed by atoms with E-state index in [0.717, 1.165) is 15.9 Å². The van der Waals surface area contributed by atoms with Gasteiger partial charge in [-0.05, 0) is 47.1 Å². The average Bonchev–Trinajstić information content (AvgIpc) is 2.97.